The zero-order valence-corrected chi connectivity index (χ0v) is 16.5. The molecule has 1 amide bonds. The van der Waals surface area contributed by atoms with Crippen molar-refractivity contribution in [3.05, 3.63) is 42.0 Å². The van der Waals surface area contributed by atoms with E-state index >= 15 is 0 Å². The number of amides is 1. The molecular formula is C20H17F2N5OS. The number of carbonyl (C=O) groups excluding carboxylic acids is 1. The highest BCUT2D eigenvalue weighted by atomic mass is 32.2. The highest BCUT2D eigenvalue weighted by Gasteiger charge is 2.43. The van der Waals surface area contributed by atoms with Crippen LogP contribution in [0.4, 0.5) is 14.6 Å². The zero-order chi connectivity index (χ0) is 20.3. The van der Waals surface area contributed by atoms with Crippen LogP contribution in [0.3, 0.4) is 0 Å². The maximum Gasteiger partial charge on any atom is 0.231 e. The molecule has 0 unspecified atom stereocenters. The van der Waals surface area contributed by atoms with Crippen molar-refractivity contribution < 1.29 is 13.6 Å². The minimum atomic E-state index is -1.06. The number of hydrogen-bond donors (Lipinski definition) is 2. The van der Waals surface area contributed by atoms with E-state index in [1.807, 2.05) is 18.4 Å². The van der Waals surface area contributed by atoms with Crippen molar-refractivity contribution in [2.45, 2.75) is 24.4 Å². The first kappa shape index (κ1) is 18.1. The maximum atomic E-state index is 15.0. The van der Waals surface area contributed by atoms with E-state index in [0.717, 1.165) is 22.0 Å². The van der Waals surface area contributed by atoms with Gasteiger partial charge in [0, 0.05) is 17.6 Å². The minimum Gasteiger partial charge on any atom is -0.309 e. The third kappa shape index (κ3) is 2.88. The molecule has 0 bridgehead atoms. The smallest absolute Gasteiger partial charge is 0.231 e. The molecule has 1 aliphatic rings. The summed E-state index contributed by atoms with van der Waals surface area (Å²) in [4.78, 5) is 12.5. The number of halogens is 2. The Morgan fingerprint density at radius 2 is 2.21 bits per heavy atom. The van der Waals surface area contributed by atoms with Gasteiger partial charge in [-0.1, -0.05) is 0 Å². The van der Waals surface area contributed by atoms with E-state index in [0.29, 0.717) is 21.8 Å². The Kier molecular flexibility index (Phi) is 4.09. The van der Waals surface area contributed by atoms with Crippen LogP contribution in [0, 0.1) is 18.7 Å². The highest BCUT2D eigenvalue weighted by Crippen LogP contribution is 2.39. The van der Waals surface area contributed by atoms with Gasteiger partial charge in [-0.3, -0.25) is 9.89 Å². The summed E-state index contributed by atoms with van der Waals surface area (Å²) in [6, 6.07) is 5.44. The fourth-order valence-electron chi connectivity index (χ4n) is 3.67. The molecule has 0 saturated heterocycles. The van der Waals surface area contributed by atoms with Gasteiger partial charge in [0.05, 0.1) is 28.0 Å². The standard InChI is InChI=1S/C20H17F2N5OS/c1-9-16(13-8-23-25-18(13)19(29-2)17(9)22)10-3-4-27-11(5-10)6-15(26-27)24-20(28)12-7-14(12)21/h3-6,8,12,14H,7H2,1-2H3,(H,23,25)(H,24,26,28)/t12-,14+/m0/s1. The Morgan fingerprint density at radius 1 is 1.41 bits per heavy atom. The van der Waals surface area contributed by atoms with Crippen LogP contribution in [0.25, 0.3) is 27.5 Å². The van der Waals surface area contributed by atoms with Crippen LogP contribution >= 0.6 is 11.8 Å². The number of alkyl halides is 1. The second-order valence-electron chi connectivity index (χ2n) is 7.17. The number of aromatic nitrogens is 4. The Balaban J connectivity index is 1.58. The molecule has 9 heteroatoms. The van der Waals surface area contributed by atoms with Gasteiger partial charge in [-0.25, -0.2) is 13.3 Å². The second-order valence-corrected chi connectivity index (χ2v) is 7.98. The van der Waals surface area contributed by atoms with E-state index in [9.17, 15) is 13.6 Å². The van der Waals surface area contributed by atoms with E-state index in [2.05, 4.69) is 20.6 Å². The van der Waals surface area contributed by atoms with E-state index in [1.54, 1.807) is 29.9 Å². The number of H-pyrrole nitrogens is 1. The van der Waals surface area contributed by atoms with Crippen LogP contribution in [0.15, 0.2) is 35.5 Å². The molecule has 0 aliphatic heterocycles. The quantitative estimate of drug-likeness (QED) is 0.488. The van der Waals surface area contributed by atoms with Gasteiger partial charge in [-0.15, -0.1) is 11.8 Å². The maximum absolute atomic E-state index is 15.0. The lowest BCUT2D eigenvalue weighted by molar-refractivity contribution is -0.117. The molecule has 3 heterocycles. The number of thioether (sulfide) groups is 1. The summed E-state index contributed by atoms with van der Waals surface area (Å²) >= 11 is 1.34. The number of nitrogens with one attached hydrogen (secondary N) is 2. The van der Waals surface area contributed by atoms with Gasteiger partial charge in [0.25, 0.3) is 0 Å². The summed E-state index contributed by atoms with van der Waals surface area (Å²) in [6.45, 7) is 1.76. The fourth-order valence-corrected chi connectivity index (χ4v) is 4.36. The summed E-state index contributed by atoms with van der Waals surface area (Å²) in [5.41, 5.74) is 3.52. The largest absolute Gasteiger partial charge is 0.309 e. The van der Waals surface area contributed by atoms with Crippen molar-refractivity contribution >= 4 is 39.9 Å². The first-order valence-corrected chi connectivity index (χ1v) is 10.3. The average molecular weight is 413 g/mol. The highest BCUT2D eigenvalue weighted by molar-refractivity contribution is 7.98. The van der Waals surface area contributed by atoms with Crippen LogP contribution < -0.4 is 5.32 Å². The molecule has 0 spiro atoms. The summed E-state index contributed by atoms with van der Waals surface area (Å²) in [5.74, 6) is -0.840. The van der Waals surface area contributed by atoms with Crippen molar-refractivity contribution in [2.75, 3.05) is 11.6 Å². The lowest BCUT2D eigenvalue weighted by Crippen LogP contribution is -2.15. The topological polar surface area (TPSA) is 75.1 Å². The third-order valence-corrected chi connectivity index (χ3v) is 6.09. The van der Waals surface area contributed by atoms with E-state index in [4.69, 9.17) is 0 Å². The Labute approximate surface area is 168 Å². The summed E-state index contributed by atoms with van der Waals surface area (Å²) in [7, 11) is 0. The van der Waals surface area contributed by atoms with Crippen molar-refractivity contribution in [3.8, 4) is 11.1 Å². The first-order valence-electron chi connectivity index (χ1n) is 9.11. The number of aromatic amines is 1. The van der Waals surface area contributed by atoms with Crippen molar-refractivity contribution in [3.63, 3.8) is 0 Å². The number of nitrogens with zero attached hydrogens (tertiary/aromatic N) is 3. The number of pyridine rings is 1. The van der Waals surface area contributed by atoms with E-state index < -0.39 is 12.1 Å². The zero-order valence-electron chi connectivity index (χ0n) is 15.7. The van der Waals surface area contributed by atoms with E-state index in [1.165, 1.54) is 11.8 Å². The number of fused-ring (bicyclic) bond motifs is 2. The molecule has 5 rings (SSSR count). The number of hydrogen-bond acceptors (Lipinski definition) is 4. The molecule has 3 aromatic heterocycles. The Hall–Kier alpha value is -2.94. The summed E-state index contributed by atoms with van der Waals surface area (Å²) in [5, 5.41) is 14.8. The van der Waals surface area contributed by atoms with Crippen LogP contribution in [-0.2, 0) is 4.79 Å². The molecule has 4 aromatic rings. The van der Waals surface area contributed by atoms with E-state index in [-0.39, 0.29) is 18.1 Å². The number of rotatable bonds is 4. The van der Waals surface area contributed by atoms with Crippen LogP contribution in [0.1, 0.15) is 12.0 Å². The number of benzene rings is 1. The number of anilines is 1. The Morgan fingerprint density at radius 3 is 2.93 bits per heavy atom. The third-order valence-electron chi connectivity index (χ3n) is 5.30. The summed E-state index contributed by atoms with van der Waals surface area (Å²) in [6.07, 6.45) is 4.49. The van der Waals surface area contributed by atoms with Gasteiger partial charge in [0.15, 0.2) is 5.82 Å². The Bertz CT molecular complexity index is 1280. The predicted octanol–water partition coefficient (Wildman–Crippen LogP) is 4.34. The molecule has 1 fully saturated rings. The molecule has 6 nitrogen and oxygen atoms in total. The van der Waals surface area contributed by atoms with Gasteiger partial charge < -0.3 is 5.32 Å². The predicted molar refractivity (Wildman–Crippen MR) is 108 cm³/mol. The molecule has 148 valence electrons. The lowest BCUT2D eigenvalue weighted by Gasteiger charge is -2.12. The van der Waals surface area contributed by atoms with Crippen molar-refractivity contribution in [2.24, 2.45) is 5.92 Å². The molecule has 0 radical (unpaired) electrons. The average Bonchev–Trinajstić information content (AvgIpc) is 3.08. The molecule has 29 heavy (non-hydrogen) atoms. The fraction of sp³-hybridized carbons (Fsp3) is 0.250. The summed E-state index contributed by atoms with van der Waals surface area (Å²) < 4.78 is 29.7. The van der Waals surface area contributed by atoms with Crippen molar-refractivity contribution in [1.29, 1.82) is 0 Å². The van der Waals surface area contributed by atoms with Gasteiger partial charge in [0.1, 0.15) is 12.0 Å². The van der Waals surface area contributed by atoms with Crippen LogP contribution in [-0.4, -0.2) is 38.1 Å². The van der Waals surface area contributed by atoms with Gasteiger partial charge in [0.2, 0.25) is 5.91 Å². The molecule has 1 aromatic carbocycles. The minimum absolute atomic E-state index is 0.265. The monoisotopic (exact) mass is 413 g/mol. The van der Waals surface area contributed by atoms with Crippen molar-refractivity contribution in [1.82, 2.24) is 19.8 Å². The van der Waals surface area contributed by atoms with Gasteiger partial charge in [-0.2, -0.15) is 10.2 Å². The molecule has 1 aliphatic carbocycles. The SMILES string of the molecule is CSc1c(F)c(C)c(-c2ccn3nc(NC(=O)[C@H]4C[C@H]4F)cc3c2)c2cn[nH]c12. The molecule has 2 N–H and O–H groups in total. The lowest BCUT2D eigenvalue weighted by atomic mass is 9.97. The number of carbonyl (C=O) groups is 1. The molecule has 2 atom stereocenters. The second kappa shape index (κ2) is 6.55. The van der Waals surface area contributed by atoms with Gasteiger partial charge >= 0.3 is 0 Å². The van der Waals surface area contributed by atoms with Crippen LogP contribution in [0.2, 0.25) is 0 Å². The van der Waals surface area contributed by atoms with Gasteiger partial charge in [-0.05, 0) is 48.4 Å². The normalized spacial score (nSPS) is 18.5. The molecule has 1 saturated carbocycles. The molecular weight excluding hydrogens is 396 g/mol. The first-order chi connectivity index (χ1) is 14.0. The van der Waals surface area contributed by atoms with Crippen LogP contribution in [0.5, 0.6) is 0 Å².